The number of phenolic OH excluding ortho intramolecular Hbond substituents is 1. The number of sulfone groups is 1. The Kier molecular flexibility index (Phi) is 13.4. The zero-order chi connectivity index (χ0) is 43.1. The van der Waals surface area contributed by atoms with Crippen molar-refractivity contribution in [2.75, 3.05) is 41.0 Å². The minimum Gasteiger partial charge on any atom is -0.507 e. The van der Waals surface area contributed by atoms with E-state index in [1.54, 1.807) is 0 Å². The van der Waals surface area contributed by atoms with Gasteiger partial charge < -0.3 is 62.4 Å². The molecular formula is C23H29ClN8O19S6. The standard InChI is InChI=1S/C23H29ClN8O19S6/c24-21-28-22(26-1-3-52(34,35)4-2-51-57(48,49)50)30-23(29-21)27-12-8-13(16(55(42,43)44)9-15(12)54(39,40)41)31-32-20-18-10(6-17(19(20)25)56(45,46)47)5-11(7-14(18)33)53(36,37)38/h5-9,33,36-44H,1-4,25H2,(H,45,46,47)(H,48,49,50)(H2,26,27,28,29,30). The van der Waals surface area contributed by atoms with Gasteiger partial charge >= 0.3 is 10.4 Å². The molecule has 0 atom stereocenters. The molecule has 0 saturated heterocycles. The van der Waals surface area contributed by atoms with E-state index < -0.39 is 164 Å². The van der Waals surface area contributed by atoms with Crippen molar-refractivity contribution in [3.05, 3.63) is 35.6 Å². The van der Waals surface area contributed by atoms with E-state index in [4.69, 9.17) is 21.9 Å². The zero-order valence-electron chi connectivity index (χ0n) is 27.6. The minimum atomic E-state index is -5.21. The van der Waals surface area contributed by atoms with Crippen molar-refractivity contribution in [2.24, 2.45) is 10.2 Å². The number of rotatable bonds is 16. The lowest BCUT2D eigenvalue weighted by Gasteiger charge is -2.27. The molecule has 4 rings (SSSR count). The maximum Gasteiger partial charge on any atom is 0.397 e. The molecule has 0 amide bonds. The van der Waals surface area contributed by atoms with Crippen LogP contribution in [-0.2, 0) is 34.5 Å². The predicted molar refractivity (Wildman–Crippen MR) is 204 cm³/mol. The molecule has 16 N–H and O–H groups in total. The molecule has 0 aliphatic carbocycles. The summed E-state index contributed by atoms with van der Waals surface area (Å²) in [5.74, 6) is -3.42. The third kappa shape index (κ3) is 12.2. The van der Waals surface area contributed by atoms with Crippen molar-refractivity contribution in [1.29, 1.82) is 0 Å². The lowest BCUT2D eigenvalue weighted by atomic mass is 10.1. The van der Waals surface area contributed by atoms with Gasteiger partial charge in [-0.25, -0.2) is 12.6 Å². The quantitative estimate of drug-likeness (QED) is 0.0408. The highest BCUT2D eigenvalue weighted by Crippen LogP contribution is 2.57. The van der Waals surface area contributed by atoms with Crippen molar-refractivity contribution in [2.45, 2.75) is 19.6 Å². The molecule has 1 aromatic heterocycles. The van der Waals surface area contributed by atoms with Crippen LogP contribution in [0.15, 0.2) is 60.1 Å². The zero-order valence-corrected chi connectivity index (χ0v) is 33.2. The van der Waals surface area contributed by atoms with Gasteiger partial charge in [0.2, 0.25) is 17.2 Å². The number of aromatic nitrogens is 3. The van der Waals surface area contributed by atoms with Crippen LogP contribution < -0.4 is 16.4 Å². The van der Waals surface area contributed by atoms with E-state index in [2.05, 4.69) is 40.0 Å². The number of halogens is 1. The van der Waals surface area contributed by atoms with Crippen molar-refractivity contribution < 1.29 is 84.6 Å². The molecule has 27 nitrogen and oxygen atoms in total. The first-order valence-electron chi connectivity index (χ1n) is 14.3. The SMILES string of the molecule is Nc1c(S(=O)(=O)O)cc2cc(S(O)(O)O)cc(O)c2c1N=Nc1cc(Nc2nc(Cl)nc(NCCS(=O)(=O)CCOS(=O)(=O)O)n2)c(S(O)(O)O)cc1S(O)(O)O. The molecular weight excluding hydrogens is 920 g/mol. The maximum absolute atomic E-state index is 12.2. The molecule has 57 heavy (non-hydrogen) atoms. The summed E-state index contributed by atoms with van der Waals surface area (Å²) in [5.41, 5.74) is 2.76. The van der Waals surface area contributed by atoms with Gasteiger partial charge in [0, 0.05) is 6.54 Å². The minimum absolute atomic E-state index is 0.422. The molecule has 318 valence electrons. The summed E-state index contributed by atoms with van der Waals surface area (Å²) in [5, 5.41) is 21.5. The molecule has 34 heteroatoms. The molecule has 0 saturated carbocycles. The number of nitrogens with one attached hydrogen (secondary N) is 2. The Hall–Kier alpha value is -3.56. The van der Waals surface area contributed by atoms with Crippen LogP contribution in [0.5, 0.6) is 5.75 Å². The normalized spacial score (nSPS) is 14.2. The van der Waals surface area contributed by atoms with E-state index in [0.717, 1.165) is 6.07 Å². The van der Waals surface area contributed by atoms with Gasteiger partial charge in [0.25, 0.3) is 10.1 Å². The number of hydrogen-bond acceptors (Lipinski definition) is 25. The Labute approximate surface area is 330 Å². The number of benzene rings is 3. The van der Waals surface area contributed by atoms with Gasteiger partial charge in [-0.2, -0.15) is 31.8 Å². The van der Waals surface area contributed by atoms with Crippen LogP contribution in [0.1, 0.15) is 0 Å². The van der Waals surface area contributed by atoms with Gasteiger partial charge in [-0.3, -0.25) is 9.11 Å². The number of anilines is 4. The smallest absolute Gasteiger partial charge is 0.397 e. The van der Waals surface area contributed by atoms with Gasteiger partial charge in [0.15, 0.2) is 9.84 Å². The van der Waals surface area contributed by atoms with E-state index in [1.807, 2.05) is 0 Å². The third-order valence-corrected chi connectivity index (χ3v) is 12.7. The van der Waals surface area contributed by atoms with Crippen LogP contribution in [0.4, 0.5) is 34.6 Å². The number of phenols is 1. The van der Waals surface area contributed by atoms with Crippen molar-refractivity contribution >= 4 is 120 Å². The molecule has 0 aliphatic rings. The monoisotopic (exact) mass is 948 g/mol. The van der Waals surface area contributed by atoms with Crippen molar-refractivity contribution in [3.8, 4) is 5.75 Å². The Balaban J connectivity index is 1.82. The number of fused-ring (bicyclic) bond motifs is 1. The highest BCUT2D eigenvalue weighted by molar-refractivity contribution is 8.20. The molecule has 3 aromatic carbocycles. The molecule has 0 radical (unpaired) electrons. The Morgan fingerprint density at radius 3 is 1.89 bits per heavy atom. The third-order valence-electron chi connectivity index (χ3n) is 6.85. The lowest BCUT2D eigenvalue weighted by molar-refractivity contribution is 0.283. The number of hydrogen-bond donors (Lipinski definition) is 15. The van der Waals surface area contributed by atoms with Crippen LogP contribution in [0.2, 0.25) is 5.28 Å². The number of aromatic hydroxyl groups is 1. The molecule has 1 heterocycles. The topological polar surface area (TPSA) is 468 Å². The van der Waals surface area contributed by atoms with Gasteiger partial charge in [-0.1, -0.05) is 0 Å². The predicted octanol–water partition coefficient (Wildman–Crippen LogP) is 4.77. The Morgan fingerprint density at radius 1 is 0.719 bits per heavy atom. The van der Waals surface area contributed by atoms with Crippen LogP contribution in [0, 0.1) is 0 Å². The number of nitrogens with zero attached hydrogens (tertiary/aromatic N) is 5. The lowest BCUT2D eigenvalue weighted by Crippen LogP contribution is -2.22. The fourth-order valence-electron chi connectivity index (χ4n) is 4.51. The molecule has 0 fully saturated rings. The second-order valence-corrected chi connectivity index (χ2v) is 20.5. The van der Waals surface area contributed by atoms with Gasteiger partial charge in [0.05, 0.1) is 49.6 Å². The fraction of sp³-hybridized carbons (Fsp3) is 0.174. The number of azo groups is 1. The van der Waals surface area contributed by atoms with E-state index in [1.165, 1.54) is 0 Å². The highest BCUT2D eigenvalue weighted by atomic mass is 35.5. The maximum atomic E-state index is 12.2. The van der Waals surface area contributed by atoms with Crippen LogP contribution >= 0.6 is 44.2 Å². The number of nitrogens with two attached hydrogens (primary N) is 1. The average Bonchev–Trinajstić information content (AvgIpc) is 3.01. The van der Waals surface area contributed by atoms with Gasteiger partial charge in [-0.15, -0.1) is 10.2 Å². The Morgan fingerprint density at radius 2 is 1.33 bits per heavy atom. The van der Waals surface area contributed by atoms with Gasteiger partial charge in [0.1, 0.15) is 54.6 Å². The fourth-order valence-corrected chi connectivity index (χ4v) is 8.64. The van der Waals surface area contributed by atoms with E-state index in [0.29, 0.717) is 24.3 Å². The second kappa shape index (κ2) is 16.6. The van der Waals surface area contributed by atoms with Crippen molar-refractivity contribution in [3.63, 3.8) is 0 Å². The summed E-state index contributed by atoms with van der Waals surface area (Å²) in [6.07, 6.45) is 0. The molecule has 0 spiro atoms. The molecule has 0 unspecified atom stereocenters. The largest absolute Gasteiger partial charge is 0.507 e. The van der Waals surface area contributed by atoms with Gasteiger partial charge in [-0.05, 0) is 47.3 Å². The molecule has 4 aromatic rings. The first-order valence-corrected chi connectivity index (χ1v) is 23.8. The number of nitrogen functional groups attached to an aromatic ring is 1. The van der Waals surface area contributed by atoms with E-state index in [9.17, 15) is 75.9 Å². The van der Waals surface area contributed by atoms with Crippen LogP contribution in [0.3, 0.4) is 0 Å². The molecule has 0 bridgehead atoms. The first kappa shape index (κ1) is 46.1. The first-order chi connectivity index (χ1) is 25.9. The van der Waals surface area contributed by atoms with Crippen LogP contribution in [0.25, 0.3) is 10.8 Å². The van der Waals surface area contributed by atoms with E-state index >= 15 is 0 Å². The van der Waals surface area contributed by atoms with Crippen LogP contribution in [-0.4, -0.2) is 120 Å². The summed E-state index contributed by atoms with van der Waals surface area (Å²) >= 11 is 5.95. The summed E-state index contributed by atoms with van der Waals surface area (Å²) in [6.45, 7) is -1.32. The highest BCUT2D eigenvalue weighted by Gasteiger charge is 2.30. The summed E-state index contributed by atoms with van der Waals surface area (Å²) in [7, 11) is -28.4. The summed E-state index contributed by atoms with van der Waals surface area (Å²) < 4.78 is 183. The second-order valence-electron chi connectivity index (χ2n) is 10.9. The van der Waals surface area contributed by atoms with E-state index in [-0.39, 0.29) is 0 Å². The van der Waals surface area contributed by atoms with Crippen molar-refractivity contribution in [1.82, 2.24) is 15.0 Å². The summed E-state index contributed by atoms with van der Waals surface area (Å²) in [6, 6.07) is 3.16. The Bertz CT molecular complexity index is 2580. The average molecular weight is 949 g/mol. The summed E-state index contributed by atoms with van der Waals surface area (Å²) in [4.78, 5) is 7.52. The molecule has 0 aliphatic heterocycles.